The fraction of sp³-hybridized carbons (Fsp3) is 0.400. The molecular formula is C20H24ClF2NO. The summed E-state index contributed by atoms with van der Waals surface area (Å²) in [6.45, 7) is 7.00. The van der Waals surface area contributed by atoms with Gasteiger partial charge in [0.05, 0.1) is 0 Å². The van der Waals surface area contributed by atoms with Crippen LogP contribution in [-0.4, -0.2) is 15.5 Å². The molecule has 0 radical (unpaired) electrons. The molecule has 0 saturated carbocycles. The van der Waals surface area contributed by atoms with Gasteiger partial charge in [0.25, 0.3) is 0 Å². The molecule has 5 heteroatoms. The minimum absolute atomic E-state index is 0. The molecule has 3 rings (SSSR count). The zero-order valence-corrected chi connectivity index (χ0v) is 15.6. The van der Waals surface area contributed by atoms with Gasteiger partial charge in [-0.15, -0.1) is 12.4 Å². The smallest absolute Gasteiger partial charge is 0.128 e. The highest BCUT2D eigenvalue weighted by atomic mass is 35.5. The summed E-state index contributed by atoms with van der Waals surface area (Å²) in [5.74, 6) is -0.336. The second-order valence-corrected chi connectivity index (χ2v) is 7.28. The van der Waals surface area contributed by atoms with Crippen molar-refractivity contribution >= 4 is 12.4 Å². The fourth-order valence-corrected chi connectivity index (χ4v) is 3.32. The Balaban J connectivity index is 0.00000225. The molecule has 0 aliphatic carbocycles. The normalized spacial score (nSPS) is 14.3. The van der Waals surface area contributed by atoms with Gasteiger partial charge in [-0.1, -0.05) is 12.1 Å². The Hall–Kier alpha value is -1.65. The lowest BCUT2D eigenvalue weighted by Gasteiger charge is -2.35. The Bertz CT molecular complexity index is 746. The highest BCUT2D eigenvalue weighted by Crippen LogP contribution is 2.34. The van der Waals surface area contributed by atoms with Crippen LogP contribution < -0.4 is 0 Å². The maximum atomic E-state index is 13.9. The molecule has 0 fully saturated rings. The Labute approximate surface area is 153 Å². The molecule has 2 aromatic carbocycles. The molecule has 25 heavy (non-hydrogen) atoms. The number of hydrogen-bond acceptors (Lipinski definition) is 2. The standard InChI is InChI=1S/C20H23F2NO.ClH/c1-13-10-14(4-7-19(13)24)8-9-20(2,3)23-11-15-16(12-23)18(22)6-5-17(15)21;/h4-7,10,24H,8-9,11-12H2,1-3H3;1H. The first-order chi connectivity index (χ1) is 11.3. The second-order valence-electron chi connectivity index (χ2n) is 7.28. The Morgan fingerprint density at radius 3 is 2.12 bits per heavy atom. The van der Waals surface area contributed by atoms with Gasteiger partial charge in [0.15, 0.2) is 0 Å². The van der Waals surface area contributed by atoms with Crippen LogP contribution in [0.5, 0.6) is 5.75 Å². The van der Waals surface area contributed by atoms with Crippen molar-refractivity contribution in [1.29, 1.82) is 0 Å². The third-order valence-electron chi connectivity index (χ3n) is 5.16. The van der Waals surface area contributed by atoms with Gasteiger partial charge < -0.3 is 5.11 Å². The lowest BCUT2D eigenvalue weighted by Crippen LogP contribution is -2.40. The molecule has 0 spiro atoms. The van der Waals surface area contributed by atoms with E-state index in [0.717, 1.165) is 24.0 Å². The third kappa shape index (κ3) is 3.96. The first kappa shape index (κ1) is 19.7. The third-order valence-corrected chi connectivity index (χ3v) is 5.16. The molecule has 0 saturated heterocycles. The number of hydrogen-bond donors (Lipinski definition) is 1. The predicted molar refractivity (Wildman–Crippen MR) is 98.1 cm³/mol. The Kier molecular flexibility index (Phi) is 5.75. The van der Waals surface area contributed by atoms with E-state index < -0.39 is 0 Å². The van der Waals surface area contributed by atoms with E-state index in [0.29, 0.717) is 30.0 Å². The van der Waals surface area contributed by atoms with Crippen LogP contribution in [0.25, 0.3) is 0 Å². The van der Waals surface area contributed by atoms with Crippen LogP contribution >= 0.6 is 12.4 Å². The van der Waals surface area contributed by atoms with Gasteiger partial charge in [0.1, 0.15) is 17.4 Å². The van der Waals surface area contributed by atoms with Crippen molar-refractivity contribution in [3.05, 3.63) is 64.2 Å². The van der Waals surface area contributed by atoms with Crippen LogP contribution in [0.1, 0.15) is 42.5 Å². The van der Waals surface area contributed by atoms with Crippen molar-refractivity contribution in [1.82, 2.24) is 4.90 Å². The van der Waals surface area contributed by atoms with Crippen LogP contribution in [0.4, 0.5) is 8.78 Å². The summed E-state index contributed by atoms with van der Waals surface area (Å²) in [4.78, 5) is 2.14. The quantitative estimate of drug-likeness (QED) is 0.810. The number of halogens is 3. The predicted octanol–water partition coefficient (Wildman–Crippen LogP) is 5.13. The SMILES string of the molecule is Cc1cc(CCC(C)(C)N2Cc3c(F)ccc(F)c3C2)ccc1O.Cl. The summed E-state index contributed by atoms with van der Waals surface area (Å²) in [5, 5.41) is 9.62. The van der Waals surface area contributed by atoms with E-state index >= 15 is 0 Å². The number of rotatable bonds is 4. The van der Waals surface area contributed by atoms with E-state index in [9.17, 15) is 13.9 Å². The average Bonchev–Trinajstić information content (AvgIpc) is 3.00. The van der Waals surface area contributed by atoms with Gasteiger partial charge in [-0.05, 0) is 62.9 Å². The van der Waals surface area contributed by atoms with Gasteiger partial charge in [-0.2, -0.15) is 0 Å². The monoisotopic (exact) mass is 367 g/mol. The maximum Gasteiger partial charge on any atom is 0.128 e. The zero-order valence-electron chi connectivity index (χ0n) is 14.8. The van der Waals surface area contributed by atoms with E-state index in [4.69, 9.17) is 0 Å². The number of fused-ring (bicyclic) bond motifs is 1. The molecule has 0 bridgehead atoms. The molecule has 1 aliphatic rings. The summed E-state index contributed by atoms with van der Waals surface area (Å²) in [6.07, 6.45) is 1.72. The van der Waals surface area contributed by atoms with Crippen molar-refractivity contribution < 1.29 is 13.9 Å². The van der Waals surface area contributed by atoms with Gasteiger partial charge in [-0.25, -0.2) is 8.78 Å². The minimum Gasteiger partial charge on any atom is -0.508 e. The van der Waals surface area contributed by atoms with Crippen LogP contribution in [0.15, 0.2) is 30.3 Å². The van der Waals surface area contributed by atoms with Gasteiger partial charge in [-0.3, -0.25) is 4.90 Å². The molecule has 1 aliphatic heterocycles. The molecule has 1 heterocycles. The first-order valence-corrected chi connectivity index (χ1v) is 8.27. The average molecular weight is 368 g/mol. The van der Waals surface area contributed by atoms with Crippen LogP contribution in [0.3, 0.4) is 0 Å². The molecule has 0 unspecified atom stereocenters. The van der Waals surface area contributed by atoms with Gasteiger partial charge >= 0.3 is 0 Å². The van der Waals surface area contributed by atoms with E-state index in [1.54, 1.807) is 6.07 Å². The van der Waals surface area contributed by atoms with Gasteiger partial charge in [0.2, 0.25) is 0 Å². The van der Waals surface area contributed by atoms with Crippen LogP contribution in [0, 0.1) is 18.6 Å². The maximum absolute atomic E-state index is 13.9. The molecule has 2 aromatic rings. The van der Waals surface area contributed by atoms with Crippen molar-refractivity contribution in [3.63, 3.8) is 0 Å². The molecule has 0 atom stereocenters. The summed E-state index contributed by atoms with van der Waals surface area (Å²) in [7, 11) is 0. The van der Waals surface area contributed by atoms with Crippen molar-refractivity contribution in [2.24, 2.45) is 0 Å². The summed E-state index contributed by atoms with van der Waals surface area (Å²) < 4.78 is 27.9. The topological polar surface area (TPSA) is 23.5 Å². The number of aryl methyl sites for hydroxylation is 2. The summed E-state index contributed by atoms with van der Waals surface area (Å²) in [5.41, 5.74) is 2.83. The second kappa shape index (κ2) is 7.30. The van der Waals surface area contributed by atoms with Crippen molar-refractivity contribution in [2.75, 3.05) is 0 Å². The summed E-state index contributed by atoms with van der Waals surface area (Å²) in [6, 6.07) is 8.06. The number of aromatic hydroxyl groups is 1. The van der Waals surface area contributed by atoms with Crippen LogP contribution in [0.2, 0.25) is 0 Å². The van der Waals surface area contributed by atoms with Crippen molar-refractivity contribution in [3.8, 4) is 5.75 Å². The first-order valence-electron chi connectivity index (χ1n) is 8.27. The Morgan fingerprint density at radius 2 is 1.60 bits per heavy atom. The molecular weight excluding hydrogens is 344 g/mol. The largest absolute Gasteiger partial charge is 0.508 e. The van der Waals surface area contributed by atoms with Crippen LogP contribution in [-0.2, 0) is 19.5 Å². The molecule has 136 valence electrons. The molecule has 0 aromatic heterocycles. The lowest BCUT2D eigenvalue weighted by atomic mass is 9.93. The minimum atomic E-state index is -0.321. The van der Waals surface area contributed by atoms with E-state index in [2.05, 4.69) is 18.7 Å². The number of nitrogens with zero attached hydrogens (tertiary/aromatic N) is 1. The number of benzene rings is 2. The molecule has 1 N–H and O–H groups in total. The zero-order chi connectivity index (χ0) is 17.5. The van der Waals surface area contributed by atoms with E-state index in [1.165, 1.54) is 12.1 Å². The van der Waals surface area contributed by atoms with E-state index in [-0.39, 0.29) is 29.6 Å². The van der Waals surface area contributed by atoms with Gasteiger partial charge in [0, 0.05) is 29.8 Å². The number of phenols is 1. The summed E-state index contributed by atoms with van der Waals surface area (Å²) >= 11 is 0. The van der Waals surface area contributed by atoms with Crippen molar-refractivity contribution in [2.45, 2.75) is 52.2 Å². The Morgan fingerprint density at radius 1 is 1.04 bits per heavy atom. The number of phenolic OH excluding ortho intramolecular Hbond substituents is 1. The van der Waals surface area contributed by atoms with E-state index in [1.807, 2.05) is 19.1 Å². The highest BCUT2D eigenvalue weighted by molar-refractivity contribution is 5.85. The molecule has 2 nitrogen and oxygen atoms in total. The lowest BCUT2D eigenvalue weighted by molar-refractivity contribution is 0.108. The molecule has 0 amide bonds. The highest BCUT2D eigenvalue weighted by Gasteiger charge is 2.34. The fourth-order valence-electron chi connectivity index (χ4n) is 3.32.